The second-order valence-corrected chi connectivity index (χ2v) is 4.57. The van der Waals surface area contributed by atoms with Gasteiger partial charge in [0.15, 0.2) is 0 Å². The molecule has 0 fully saturated rings. The number of hydrogen-bond acceptors (Lipinski definition) is 2. The lowest BCUT2D eigenvalue weighted by Crippen LogP contribution is -2.21. The minimum atomic E-state index is -4.59. The molecule has 0 bridgehead atoms. The average molecular weight is 298 g/mol. The monoisotopic (exact) mass is 298 g/mol. The van der Waals surface area contributed by atoms with E-state index in [1.165, 1.54) is 0 Å². The maximum absolute atomic E-state index is 13.4. The molecule has 2 nitrogen and oxygen atoms in total. The SMILES string of the molecule is NCC(Nc1ccccc1)c1cc(F)cc(C(F)(F)F)c1. The Kier molecular flexibility index (Phi) is 4.47. The van der Waals surface area contributed by atoms with Crippen molar-refractivity contribution in [3.63, 3.8) is 0 Å². The van der Waals surface area contributed by atoms with E-state index in [-0.39, 0.29) is 12.1 Å². The van der Waals surface area contributed by atoms with Crippen LogP contribution in [0.5, 0.6) is 0 Å². The van der Waals surface area contributed by atoms with E-state index in [9.17, 15) is 17.6 Å². The third-order valence-electron chi connectivity index (χ3n) is 3.00. The molecule has 0 spiro atoms. The van der Waals surface area contributed by atoms with Gasteiger partial charge in [-0.05, 0) is 35.9 Å². The van der Waals surface area contributed by atoms with Crippen LogP contribution in [-0.4, -0.2) is 6.54 Å². The molecule has 0 aliphatic heterocycles. The van der Waals surface area contributed by atoms with Gasteiger partial charge in [-0.2, -0.15) is 13.2 Å². The number of para-hydroxylation sites is 1. The van der Waals surface area contributed by atoms with Crippen molar-refractivity contribution in [3.8, 4) is 0 Å². The van der Waals surface area contributed by atoms with Gasteiger partial charge in [-0.15, -0.1) is 0 Å². The van der Waals surface area contributed by atoms with Gasteiger partial charge in [0.05, 0.1) is 11.6 Å². The van der Waals surface area contributed by atoms with E-state index in [4.69, 9.17) is 5.73 Å². The van der Waals surface area contributed by atoms with Gasteiger partial charge in [-0.1, -0.05) is 18.2 Å². The van der Waals surface area contributed by atoms with Crippen molar-refractivity contribution < 1.29 is 17.6 Å². The molecule has 0 heterocycles. The number of benzene rings is 2. The van der Waals surface area contributed by atoms with Gasteiger partial charge < -0.3 is 11.1 Å². The summed E-state index contributed by atoms with van der Waals surface area (Å²) in [7, 11) is 0. The molecule has 2 aromatic rings. The normalized spacial score (nSPS) is 13.0. The lowest BCUT2D eigenvalue weighted by molar-refractivity contribution is -0.137. The van der Waals surface area contributed by atoms with Crippen molar-refractivity contribution in [2.45, 2.75) is 12.2 Å². The van der Waals surface area contributed by atoms with Gasteiger partial charge in [0.2, 0.25) is 0 Å². The van der Waals surface area contributed by atoms with Gasteiger partial charge in [0, 0.05) is 12.2 Å². The van der Waals surface area contributed by atoms with Crippen LogP contribution in [0.3, 0.4) is 0 Å². The molecule has 2 rings (SSSR count). The number of hydrogen-bond donors (Lipinski definition) is 2. The fourth-order valence-electron chi connectivity index (χ4n) is 1.99. The molecule has 1 unspecified atom stereocenters. The van der Waals surface area contributed by atoms with Crippen LogP contribution in [0, 0.1) is 5.82 Å². The first-order chi connectivity index (χ1) is 9.90. The number of anilines is 1. The molecule has 112 valence electrons. The zero-order chi connectivity index (χ0) is 15.5. The second-order valence-electron chi connectivity index (χ2n) is 4.57. The Morgan fingerprint density at radius 1 is 1.05 bits per heavy atom. The third kappa shape index (κ3) is 3.95. The largest absolute Gasteiger partial charge is 0.416 e. The number of nitrogens with one attached hydrogen (secondary N) is 1. The van der Waals surface area contributed by atoms with Gasteiger partial charge >= 0.3 is 6.18 Å². The van der Waals surface area contributed by atoms with E-state index in [1.807, 2.05) is 6.07 Å². The standard InChI is InChI=1S/C15H14F4N2/c16-12-7-10(6-11(8-12)15(17,18)19)14(9-20)21-13-4-2-1-3-5-13/h1-8,14,21H,9,20H2. The van der Waals surface area contributed by atoms with Crippen LogP contribution < -0.4 is 11.1 Å². The molecule has 0 radical (unpaired) electrons. The smallest absolute Gasteiger partial charge is 0.377 e. The highest BCUT2D eigenvalue weighted by Gasteiger charge is 2.32. The predicted octanol–water partition coefficient (Wildman–Crippen LogP) is 3.96. The fourth-order valence-corrected chi connectivity index (χ4v) is 1.99. The highest BCUT2D eigenvalue weighted by atomic mass is 19.4. The summed E-state index contributed by atoms with van der Waals surface area (Å²) in [5, 5.41) is 2.99. The molecule has 0 aliphatic carbocycles. The molecular formula is C15H14F4N2. The van der Waals surface area contributed by atoms with Crippen molar-refractivity contribution in [2.24, 2.45) is 5.73 Å². The number of rotatable bonds is 4. The molecule has 0 saturated heterocycles. The summed E-state index contributed by atoms with van der Waals surface area (Å²) < 4.78 is 51.6. The summed E-state index contributed by atoms with van der Waals surface area (Å²) >= 11 is 0. The van der Waals surface area contributed by atoms with E-state index in [1.54, 1.807) is 24.3 Å². The Labute approximate surface area is 119 Å². The van der Waals surface area contributed by atoms with E-state index in [0.717, 1.165) is 12.1 Å². The highest BCUT2D eigenvalue weighted by Crippen LogP contribution is 2.32. The molecular weight excluding hydrogens is 284 g/mol. The maximum Gasteiger partial charge on any atom is 0.416 e. The van der Waals surface area contributed by atoms with Crippen molar-refractivity contribution in [1.82, 2.24) is 0 Å². The number of nitrogens with two attached hydrogens (primary N) is 1. The first kappa shape index (κ1) is 15.3. The van der Waals surface area contributed by atoms with E-state index in [0.29, 0.717) is 11.8 Å². The second kappa shape index (κ2) is 6.13. The molecule has 6 heteroatoms. The number of alkyl halides is 3. The molecule has 0 amide bonds. The fraction of sp³-hybridized carbons (Fsp3) is 0.200. The van der Waals surface area contributed by atoms with Gasteiger partial charge in [0.25, 0.3) is 0 Å². The molecule has 0 saturated carbocycles. The quantitative estimate of drug-likeness (QED) is 0.839. The van der Waals surface area contributed by atoms with Crippen LogP contribution in [0.2, 0.25) is 0 Å². The third-order valence-corrected chi connectivity index (χ3v) is 3.00. The van der Waals surface area contributed by atoms with Crippen LogP contribution in [0.4, 0.5) is 23.2 Å². The Balaban J connectivity index is 2.32. The average Bonchev–Trinajstić information content (AvgIpc) is 2.44. The first-order valence-electron chi connectivity index (χ1n) is 6.29. The lowest BCUT2D eigenvalue weighted by atomic mass is 10.0. The molecule has 0 aromatic heterocycles. The maximum atomic E-state index is 13.4. The highest BCUT2D eigenvalue weighted by molar-refractivity contribution is 5.46. The molecule has 21 heavy (non-hydrogen) atoms. The van der Waals surface area contributed by atoms with E-state index >= 15 is 0 Å². The summed E-state index contributed by atoms with van der Waals surface area (Å²) in [6.07, 6.45) is -4.59. The Hall–Kier alpha value is -2.08. The summed E-state index contributed by atoms with van der Waals surface area (Å²) in [5.41, 5.74) is 5.43. The van der Waals surface area contributed by atoms with E-state index < -0.39 is 23.6 Å². The first-order valence-corrected chi connectivity index (χ1v) is 6.29. The van der Waals surface area contributed by atoms with Crippen molar-refractivity contribution in [2.75, 3.05) is 11.9 Å². The summed E-state index contributed by atoms with van der Waals surface area (Å²) in [5.74, 6) is -0.937. The molecule has 2 aromatic carbocycles. The molecule has 3 N–H and O–H groups in total. The summed E-state index contributed by atoms with van der Waals surface area (Å²) in [6.45, 7) is 0.0373. The lowest BCUT2D eigenvalue weighted by Gasteiger charge is -2.20. The zero-order valence-corrected chi connectivity index (χ0v) is 11.0. The van der Waals surface area contributed by atoms with Crippen LogP contribution in [0.1, 0.15) is 17.2 Å². The van der Waals surface area contributed by atoms with Crippen LogP contribution >= 0.6 is 0 Å². The van der Waals surface area contributed by atoms with Crippen molar-refractivity contribution in [1.29, 1.82) is 0 Å². The van der Waals surface area contributed by atoms with Crippen LogP contribution in [0.15, 0.2) is 48.5 Å². The van der Waals surface area contributed by atoms with Gasteiger partial charge in [-0.25, -0.2) is 4.39 Å². The number of halogens is 4. The van der Waals surface area contributed by atoms with Gasteiger partial charge in [-0.3, -0.25) is 0 Å². The van der Waals surface area contributed by atoms with Crippen molar-refractivity contribution >= 4 is 5.69 Å². The topological polar surface area (TPSA) is 38.0 Å². The molecule has 0 aliphatic rings. The Morgan fingerprint density at radius 3 is 2.29 bits per heavy atom. The summed E-state index contributed by atoms with van der Waals surface area (Å²) in [6, 6.07) is 10.7. The van der Waals surface area contributed by atoms with Crippen LogP contribution in [0.25, 0.3) is 0 Å². The van der Waals surface area contributed by atoms with Crippen LogP contribution in [-0.2, 0) is 6.18 Å². The van der Waals surface area contributed by atoms with Crippen molar-refractivity contribution in [3.05, 3.63) is 65.5 Å². The minimum absolute atomic E-state index is 0.0373. The van der Waals surface area contributed by atoms with E-state index in [2.05, 4.69) is 5.32 Å². The predicted molar refractivity (Wildman–Crippen MR) is 73.3 cm³/mol. The summed E-state index contributed by atoms with van der Waals surface area (Å²) in [4.78, 5) is 0. The molecule has 1 atom stereocenters. The Morgan fingerprint density at radius 2 is 1.71 bits per heavy atom. The Bertz CT molecular complexity index is 596. The minimum Gasteiger partial charge on any atom is -0.377 e. The zero-order valence-electron chi connectivity index (χ0n) is 11.0. The van der Waals surface area contributed by atoms with Gasteiger partial charge in [0.1, 0.15) is 5.82 Å².